The topological polar surface area (TPSA) is 54.9 Å². The average molecular weight is 267 g/mol. The quantitative estimate of drug-likeness (QED) is 0.492. The van der Waals surface area contributed by atoms with Crippen molar-refractivity contribution in [2.24, 2.45) is 5.10 Å². The summed E-state index contributed by atoms with van der Waals surface area (Å²) in [6.07, 6.45) is 0. The molecule has 0 amide bonds. The molecule has 0 aliphatic rings. The van der Waals surface area contributed by atoms with E-state index in [9.17, 15) is 0 Å². The summed E-state index contributed by atoms with van der Waals surface area (Å²) in [4.78, 5) is 0. The number of ether oxygens (including phenoxy) is 2. The zero-order valence-corrected chi connectivity index (χ0v) is 11.7. The number of thiocarbonyl (C=S) groups is 1. The molecule has 0 heterocycles. The van der Waals surface area contributed by atoms with Gasteiger partial charge in [-0.2, -0.15) is 5.10 Å². The van der Waals surface area contributed by atoms with Crippen LogP contribution in [0.5, 0.6) is 11.5 Å². The Morgan fingerprint density at radius 3 is 2.56 bits per heavy atom. The number of benzene rings is 1. The molecule has 0 aliphatic heterocycles. The number of hydrogen-bond acceptors (Lipinski definition) is 4. The van der Waals surface area contributed by atoms with E-state index in [1.165, 1.54) is 0 Å². The van der Waals surface area contributed by atoms with Gasteiger partial charge in [0.05, 0.1) is 19.9 Å². The predicted molar refractivity (Wildman–Crippen MR) is 76.6 cm³/mol. The Kier molecular flexibility index (Phi) is 5.38. The largest absolute Gasteiger partial charge is 0.497 e. The molecule has 0 saturated carbocycles. The van der Waals surface area contributed by atoms with Gasteiger partial charge in [0, 0.05) is 12.6 Å². The number of methoxy groups -OCH3 is 2. The molecule has 2 N–H and O–H groups in total. The molecule has 0 aliphatic carbocycles. The van der Waals surface area contributed by atoms with Gasteiger partial charge >= 0.3 is 0 Å². The summed E-state index contributed by atoms with van der Waals surface area (Å²) in [5.41, 5.74) is 4.33. The van der Waals surface area contributed by atoms with Gasteiger partial charge in [-0.15, -0.1) is 0 Å². The lowest BCUT2D eigenvalue weighted by Crippen LogP contribution is -2.29. The molecule has 0 spiro atoms. The Labute approximate surface area is 112 Å². The van der Waals surface area contributed by atoms with Crippen molar-refractivity contribution < 1.29 is 9.47 Å². The zero-order valence-electron chi connectivity index (χ0n) is 10.9. The lowest BCUT2D eigenvalue weighted by molar-refractivity contribution is 0.402. The Hall–Kier alpha value is -1.82. The van der Waals surface area contributed by atoms with Crippen LogP contribution in [0.15, 0.2) is 23.3 Å². The Morgan fingerprint density at radius 1 is 1.28 bits per heavy atom. The van der Waals surface area contributed by atoms with E-state index >= 15 is 0 Å². The van der Waals surface area contributed by atoms with Crippen LogP contribution in [0.1, 0.15) is 12.5 Å². The molecule has 18 heavy (non-hydrogen) atoms. The standard InChI is InChI=1S/C12H17N3O2S/c1-8(14-15-12(18)13-2)10-7-9(16-3)5-6-11(10)17-4/h5-7H,1-4H3,(H2,13,15,18)/b14-8-. The average Bonchev–Trinajstić information content (AvgIpc) is 2.43. The summed E-state index contributed by atoms with van der Waals surface area (Å²) in [5, 5.41) is 7.41. The van der Waals surface area contributed by atoms with E-state index in [0.717, 1.165) is 22.8 Å². The molecule has 0 radical (unpaired) electrons. The SMILES string of the molecule is CNC(=S)N/N=C(/C)c1cc(OC)ccc1OC. The van der Waals surface area contributed by atoms with Crippen molar-refractivity contribution in [2.75, 3.05) is 21.3 Å². The van der Waals surface area contributed by atoms with E-state index in [2.05, 4.69) is 15.8 Å². The Morgan fingerprint density at radius 2 is 2.00 bits per heavy atom. The van der Waals surface area contributed by atoms with Crippen molar-refractivity contribution in [1.29, 1.82) is 0 Å². The van der Waals surface area contributed by atoms with Crippen LogP contribution in [0, 0.1) is 0 Å². The fraction of sp³-hybridized carbons (Fsp3) is 0.333. The first-order valence-electron chi connectivity index (χ1n) is 5.36. The minimum Gasteiger partial charge on any atom is -0.497 e. The molecule has 0 fully saturated rings. The zero-order chi connectivity index (χ0) is 13.5. The van der Waals surface area contributed by atoms with Crippen LogP contribution < -0.4 is 20.2 Å². The van der Waals surface area contributed by atoms with Crippen LogP contribution in [0.3, 0.4) is 0 Å². The molecule has 0 atom stereocenters. The highest BCUT2D eigenvalue weighted by Crippen LogP contribution is 2.24. The summed E-state index contributed by atoms with van der Waals surface area (Å²) in [6.45, 7) is 1.86. The second-order valence-electron chi connectivity index (χ2n) is 3.45. The molecule has 1 rings (SSSR count). The van der Waals surface area contributed by atoms with Crippen molar-refractivity contribution in [3.8, 4) is 11.5 Å². The van der Waals surface area contributed by atoms with E-state index in [-0.39, 0.29) is 0 Å². The second kappa shape index (κ2) is 6.80. The second-order valence-corrected chi connectivity index (χ2v) is 3.86. The molecule has 1 aromatic rings. The van der Waals surface area contributed by atoms with Crippen LogP contribution >= 0.6 is 12.2 Å². The van der Waals surface area contributed by atoms with Gasteiger partial charge in [-0.3, -0.25) is 5.43 Å². The fourth-order valence-electron chi connectivity index (χ4n) is 1.35. The molecule has 0 bridgehead atoms. The van der Waals surface area contributed by atoms with E-state index in [4.69, 9.17) is 21.7 Å². The first kappa shape index (κ1) is 14.2. The fourth-order valence-corrected chi connectivity index (χ4v) is 1.39. The summed E-state index contributed by atoms with van der Waals surface area (Å²) in [6, 6.07) is 5.53. The summed E-state index contributed by atoms with van der Waals surface area (Å²) < 4.78 is 10.5. The first-order chi connectivity index (χ1) is 8.62. The maximum absolute atomic E-state index is 5.29. The number of hydrogen-bond donors (Lipinski definition) is 2. The van der Waals surface area contributed by atoms with Crippen LogP contribution in [0.25, 0.3) is 0 Å². The number of nitrogens with one attached hydrogen (secondary N) is 2. The minimum absolute atomic E-state index is 0.455. The van der Waals surface area contributed by atoms with Gasteiger partial charge in [-0.25, -0.2) is 0 Å². The van der Waals surface area contributed by atoms with E-state index in [0.29, 0.717) is 5.11 Å². The monoisotopic (exact) mass is 267 g/mol. The molecule has 1 aromatic carbocycles. The first-order valence-corrected chi connectivity index (χ1v) is 5.77. The van der Waals surface area contributed by atoms with E-state index < -0.39 is 0 Å². The highest BCUT2D eigenvalue weighted by atomic mass is 32.1. The molecule has 0 unspecified atom stereocenters. The Bertz CT molecular complexity index is 461. The third-order valence-corrected chi connectivity index (χ3v) is 2.64. The maximum atomic E-state index is 5.29. The Balaban J connectivity index is 3.02. The summed E-state index contributed by atoms with van der Waals surface area (Å²) >= 11 is 4.95. The van der Waals surface area contributed by atoms with E-state index in [1.54, 1.807) is 21.3 Å². The summed E-state index contributed by atoms with van der Waals surface area (Å²) in [5.74, 6) is 1.48. The molecular formula is C12H17N3O2S. The van der Waals surface area contributed by atoms with Crippen LogP contribution in [0.2, 0.25) is 0 Å². The molecule has 5 nitrogen and oxygen atoms in total. The van der Waals surface area contributed by atoms with Crippen molar-refractivity contribution in [3.63, 3.8) is 0 Å². The van der Waals surface area contributed by atoms with Gasteiger partial charge in [0.25, 0.3) is 0 Å². The third-order valence-electron chi connectivity index (χ3n) is 2.35. The van der Waals surface area contributed by atoms with Crippen LogP contribution in [-0.2, 0) is 0 Å². The number of rotatable bonds is 4. The van der Waals surface area contributed by atoms with E-state index in [1.807, 2.05) is 25.1 Å². The van der Waals surface area contributed by atoms with Gasteiger partial charge in [0.1, 0.15) is 11.5 Å². The van der Waals surface area contributed by atoms with Crippen molar-refractivity contribution in [3.05, 3.63) is 23.8 Å². The lowest BCUT2D eigenvalue weighted by Gasteiger charge is -2.10. The smallest absolute Gasteiger partial charge is 0.186 e. The van der Waals surface area contributed by atoms with Gasteiger partial charge in [0.2, 0.25) is 0 Å². The van der Waals surface area contributed by atoms with Crippen LogP contribution in [-0.4, -0.2) is 32.1 Å². The molecule has 6 heteroatoms. The van der Waals surface area contributed by atoms with Gasteiger partial charge in [-0.05, 0) is 37.3 Å². The highest BCUT2D eigenvalue weighted by molar-refractivity contribution is 7.80. The van der Waals surface area contributed by atoms with Gasteiger partial charge in [-0.1, -0.05) is 0 Å². The lowest BCUT2D eigenvalue weighted by atomic mass is 10.1. The molecule has 0 saturated heterocycles. The maximum Gasteiger partial charge on any atom is 0.186 e. The minimum atomic E-state index is 0.455. The normalized spacial score (nSPS) is 10.8. The van der Waals surface area contributed by atoms with Crippen molar-refractivity contribution >= 4 is 23.0 Å². The van der Waals surface area contributed by atoms with Crippen molar-refractivity contribution in [2.45, 2.75) is 6.92 Å². The number of hydrazone groups is 1. The highest BCUT2D eigenvalue weighted by Gasteiger charge is 2.08. The van der Waals surface area contributed by atoms with Gasteiger partial charge in [0.15, 0.2) is 5.11 Å². The predicted octanol–water partition coefficient (Wildman–Crippen LogP) is 1.52. The third kappa shape index (κ3) is 3.59. The molecule has 98 valence electrons. The van der Waals surface area contributed by atoms with Crippen molar-refractivity contribution in [1.82, 2.24) is 10.7 Å². The van der Waals surface area contributed by atoms with Crippen LogP contribution in [0.4, 0.5) is 0 Å². The summed E-state index contributed by atoms with van der Waals surface area (Å²) in [7, 11) is 4.96. The van der Waals surface area contributed by atoms with Gasteiger partial charge < -0.3 is 14.8 Å². The number of nitrogens with zero attached hydrogens (tertiary/aromatic N) is 1. The molecular weight excluding hydrogens is 250 g/mol. The molecule has 0 aromatic heterocycles.